The lowest BCUT2D eigenvalue weighted by molar-refractivity contribution is 0.0944. The van der Waals surface area contributed by atoms with Crippen LogP contribution in [0, 0.1) is 19.3 Å². The predicted octanol–water partition coefficient (Wildman–Crippen LogP) is 1.72. The molecule has 1 atom stereocenters. The Hall–Kier alpha value is -1.95. The van der Waals surface area contributed by atoms with Crippen molar-refractivity contribution in [3.63, 3.8) is 0 Å². The molecule has 1 rings (SSSR count). The Morgan fingerprint density at radius 2 is 2.31 bits per heavy atom. The van der Waals surface area contributed by atoms with Crippen LogP contribution in [0.5, 0.6) is 0 Å². The standard InChI is InChI=1S/C13H16N2O/c1-4-11(5-2)15-13(16)12-7-6-10(14)8-9(12)3/h1,6-8,11H,5,14H2,2-3H3,(H,15,16). The molecule has 1 aromatic carbocycles. The van der Waals surface area contributed by atoms with Crippen LogP contribution in [0.3, 0.4) is 0 Å². The average Bonchev–Trinajstić information content (AvgIpc) is 2.25. The largest absolute Gasteiger partial charge is 0.399 e. The van der Waals surface area contributed by atoms with Crippen molar-refractivity contribution in [2.75, 3.05) is 5.73 Å². The summed E-state index contributed by atoms with van der Waals surface area (Å²) in [5, 5.41) is 2.78. The molecule has 0 aromatic heterocycles. The van der Waals surface area contributed by atoms with E-state index >= 15 is 0 Å². The summed E-state index contributed by atoms with van der Waals surface area (Å²) < 4.78 is 0. The highest BCUT2D eigenvalue weighted by molar-refractivity contribution is 5.96. The first-order valence-electron chi connectivity index (χ1n) is 5.21. The first-order valence-corrected chi connectivity index (χ1v) is 5.21. The Bertz CT molecular complexity index is 432. The molecular weight excluding hydrogens is 200 g/mol. The van der Waals surface area contributed by atoms with Gasteiger partial charge in [-0.3, -0.25) is 4.79 Å². The van der Waals surface area contributed by atoms with Gasteiger partial charge in [-0.15, -0.1) is 6.42 Å². The maximum Gasteiger partial charge on any atom is 0.252 e. The van der Waals surface area contributed by atoms with Gasteiger partial charge in [0.1, 0.15) is 0 Å². The number of benzene rings is 1. The van der Waals surface area contributed by atoms with Gasteiger partial charge >= 0.3 is 0 Å². The third kappa shape index (κ3) is 2.77. The molecule has 0 aliphatic rings. The van der Waals surface area contributed by atoms with Gasteiger partial charge in [0.2, 0.25) is 0 Å². The van der Waals surface area contributed by atoms with Gasteiger partial charge in [-0.05, 0) is 37.1 Å². The number of aryl methyl sites for hydroxylation is 1. The molecular formula is C13H16N2O. The molecule has 0 fully saturated rings. The molecule has 0 aliphatic heterocycles. The minimum absolute atomic E-state index is 0.151. The van der Waals surface area contributed by atoms with Crippen LogP contribution in [0.25, 0.3) is 0 Å². The summed E-state index contributed by atoms with van der Waals surface area (Å²) in [7, 11) is 0. The monoisotopic (exact) mass is 216 g/mol. The number of nitrogen functional groups attached to an aromatic ring is 1. The summed E-state index contributed by atoms with van der Waals surface area (Å²) in [4.78, 5) is 11.9. The second-order valence-corrected chi connectivity index (χ2v) is 3.68. The predicted molar refractivity (Wildman–Crippen MR) is 66.0 cm³/mol. The van der Waals surface area contributed by atoms with Crippen molar-refractivity contribution in [3.8, 4) is 12.3 Å². The molecule has 3 heteroatoms. The van der Waals surface area contributed by atoms with Crippen LogP contribution in [0.15, 0.2) is 18.2 Å². The molecule has 16 heavy (non-hydrogen) atoms. The number of terminal acetylenes is 1. The van der Waals surface area contributed by atoms with E-state index in [2.05, 4.69) is 11.2 Å². The van der Waals surface area contributed by atoms with Gasteiger partial charge < -0.3 is 11.1 Å². The van der Waals surface area contributed by atoms with Crippen LogP contribution >= 0.6 is 0 Å². The highest BCUT2D eigenvalue weighted by Crippen LogP contribution is 2.12. The van der Waals surface area contributed by atoms with Crippen LogP contribution in [0.2, 0.25) is 0 Å². The third-order valence-corrected chi connectivity index (χ3v) is 2.41. The molecule has 1 amide bonds. The maximum absolute atomic E-state index is 11.9. The van der Waals surface area contributed by atoms with Crippen LogP contribution in [-0.4, -0.2) is 11.9 Å². The summed E-state index contributed by atoms with van der Waals surface area (Å²) in [6.45, 7) is 3.78. The molecule has 1 aromatic rings. The van der Waals surface area contributed by atoms with Crippen LogP contribution in [-0.2, 0) is 0 Å². The van der Waals surface area contributed by atoms with E-state index < -0.39 is 0 Å². The number of anilines is 1. The molecule has 0 spiro atoms. The lowest BCUT2D eigenvalue weighted by atomic mass is 10.1. The van der Waals surface area contributed by atoms with E-state index in [0.717, 1.165) is 12.0 Å². The van der Waals surface area contributed by atoms with Crippen molar-refractivity contribution in [1.29, 1.82) is 0 Å². The fourth-order valence-electron chi connectivity index (χ4n) is 1.44. The van der Waals surface area contributed by atoms with Gasteiger partial charge in [-0.1, -0.05) is 12.8 Å². The molecule has 0 bridgehead atoms. The Morgan fingerprint density at radius 3 is 2.81 bits per heavy atom. The fraction of sp³-hybridized carbons (Fsp3) is 0.308. The Morgan fingerprint density at radius 1 is 1.62 bits per heavy atom. The number of carbonyl (C=O) groups excluding carboxylic acids is 1. The van der Waals surface area contributed by atoms with E-state index in [1.54, 1.807) is 18.2 Å². The van der Waals surface area contributed by atoms with Gasteiger partial charge in [-0.25, -0.2) is 0 Å². The number of carbonyl (C=O) groups is 1. The fourth-order valence-corrected chi connectivity index (χ4v) is 1.44. The molecule has 1 unspecified atom stereocenters. The minimum Gasteiger partial charge on any atom is -0.399 e. The van der Waals surface area contributed by atoms with Crippen molar-refractivity contribution < 1.29 is 4.79 Å². The zero-order valence-corrected chi connectivity index (χ0v) is 9.58. The summed E-state index contributed by atoms with van der Waals surface area (Å²) in [5.74, 6) is 2.38. The van der Waals surface area contributed by atoms with Crippen LogP contribution < -0.4 is 11.1 Å². The van der Waals surface area contributed by atoms with E-state index in [-0.39, 0.29) is 11.9 Å². The van der Waals surface area contributed by atoms with E-state index in [9.17, 15) is 4.79 Å². The maximum atomic E-state index is 11.9. The quantitative estimate of drug-likeness (QED) is 0.597. The van der Waals surface area contributed by atoms with E-state index in [4.69, 9.17) is 12.2 Å². The lowest BCUT2D eigenvalue weighted by Gasteiger charge is -2.12. The minimum atomic E-state index is -0.218. The average molecular weight is 216 g/mol. The molecule has 0 saturated heterocycles. The normalized spacial score (nSPS) is 11.6. The molecule has 0 radical (unpaired) electrons. The van der Waals surface area contributed by atoms with Crippen molar-refractivity contribution in [3.05, 3.63) is 29.3 Å². The molecule has 0 heterocycles. The summed E-state index contributed by atoms with van der Waals surface area (Å²) in [5.41, 5.74) is 7.73. The number of nitrogens with one attached hydrogen (secondary N) is 1. The van der Waals surface area contributed by atoms with Crippen molar-refractivity contribution >= 4 is 11.6 Å². The molecule has 0 saturated carbocycles. The smallest absolute Gasteiger partial charge is 0.252 e. The van der Waals surface area contributed by atoms with Crippen LogP contribution in [0.4, 0.5) is 5.69 Å². The zero-order valence-electron chi connectivity index (χ0n) is 9.58. The summed E-state index contributed by atoms with van der Waals surface area (Å²) in [6.07, 6.45) is 6.01. The topological polar surface area (TPSA) is 55.1 Å². The van der Waals surface area contributed by atoms with E-state index in [1.165, 1.54) is 0 Å². The number of hydrogen-bond acceptors (Lipinski definition) is 2. The molecule has 3 nitrogen and oxygen atoms in total. The van der Waals surface area contributed by atoms with Gasteiger partial charge in [0.15, 0.2) is 0 Å². The van der Waals surface area contributed by atoms with Crippen molar-refractivity contribution in [2.45, 2.75) is 26.3 Å². The second kappa shape index (κ2) is 5.22. The molecule has 3 N–H and O–H groups in total. The van der Waals surface area contributed by atoms with Crippen molar-refractivity contribution in [1.82, 2.24) is 5.32 Å². The highest BCUT2D eigenvalue weighted by atomic mass is 16.1. The first kappa shape index (κ1) is 12.1. The zero-order chi connectivity index (χ0) is 12.1. The summed E-state index contributed by atoms with van der Waals surface area (Å²) in [6, 6.07) is 4.97. The first-order chi connectivity index (χ1) is 7.58. The van der Waals surface area contributed by atoms with Gasteiger partial charge in [-0.2, -0.15) is 0 Å². The van der Waals surface area contributed by atoms with Gasteiger partial charge in [0.05, 0.1) is 6.04 Å². The Labute approximate surface area is 96.0 Å². The Kier molecular flexibility index (Phi) is 3.96. The number of nitrogens with two attached hydrogens (primary N) is 1. The lowest BCUT2D eigenvalue weighted by Crippen LogP contribution is -2.33. The third-order valence-electron chi connectivity index (χ3n) is 2.41. The van der Waals surface area contributed by atoms with E-state index in [1.807, 2.05) is 13.8 Å². The Balaban J connectivity index is 2.85. The number of hydrogen-bond donors (Lipinski definition) is 2. The van der Waals surface area contributed by atoms with E-state index in [0.29, 0.717) is 11.3 Å². The van der Waals surface area contributed by atoms with Gasteiger partial charge in [0, 0.05) is 11.3 Å². The summed E-state index contributed by atoms with van der Waals surface area (Å²) >= 11 is 0. The number of rotatable bonds is 3. The van der Waals surface area contributed by atoms with Gasteiger partial charge in [0.25, 0.3) is 5.91 Å². The molecule has 84 valence electrons. The SMILES string of the molecule is C#CC(CC)NC(=O)c1ccc(N)cc1C. The number of amides is 1. The highest BCUT2D eigenvalue weighted by Gasteiger charge is 2.11. The molecule has 0 aliphatic carbocycles. The second-order valence-electron chi connectivity index (χ2n) is 3.68. The van der Waals surface area contributed by atoms with Crippen LogP contribution in [0.1, 0.15) is 29.3 Å². The van der Waals surface area contributed by atoms with Crippen molar-refractivity contribution in [2.24, 2.45) is 0 Å².